The minimum Gasteiger partial charge on any atom is -0.394 e. The number of rotatable bonds is 7. The van der Waals surface area contributed by atoms with Crippen molar-refractivity contribution in [1.82, 2.24) is 5.32 Å². The summed E-state index contributed by atoms with van der Waals surface area (Å²) in [5.74, 6) is 0. The Balaban J connectivity index is 2.59. The van der Waals surface area contributed by atoms with Gasteiger partial charge in [-0.25, -0.2) is 0 Å². The molecule has 0 aromatic heterocycles. The van der Waals surface area contributed by atoms with Crippen LogP contribution in [0.1, 0.15) is 25.0 Å². The third-order valence-electron chi connectivity index (χ3n) is 3.21. The van der Waals surface area contributed by atoms with Gasteiger partial charge in [-0.3, -0.25) is 0 Å². The van der Waals surface area contributed by atoms with Gasteiger partial charge in [0.05, 0.1) is 24.9 Å². The Labute approximate surface area is 112 Å². The maximum Gasteiger partial charge on any atom is 0.0914 e. The molecule has 0 heterocycles. The lowest BCUT2D eigenvalue weighted by Crippen LogP contribution is -2.52. The van der Waals surface area contributed by atoms with Gasteiger partial charge in [0.25, 0.3) is 0 Å². The van der Waals surface area contributed by atoms with E-state index in [-0.39, 0.29) is 19.8 Å². The summed E-state index contributed by atoms with van der Waals surface area (Å²) in [6, 6.07) is 6.93. The fourth-order valence-electron chi connectivity index (χ4n) is 1.63. The van der Waals surface area contributed by atoms with E-state index in [0.29, 0.717) is 11.4 Å². The summed E-state index contributed by atoms with van der Waals surface area (Å²) in [6.45, 7) is 1.78. The topological polar surface area (TPSA) is 72.7 Å². The van der Waals surface area contributed by atoms with Crippen molar-refractivity contribution in [2.45, 2.75) is 25.0 Å². The van der Waals surface area contributed by atoms with Crippen LogP contribution in [0.15, 0.2) is 24.3 Å². The van der Waals surface area contributed by atoms with E-state index < -0.39 is 11.6 Å². The van der Waals surface area contributed by atoms with Gasteiger partial charge >= 0.3 is 0 Å². The molecule has 5 heteroatoms. The van der Waals surface area contributed by atoms with Gasteiger partial charge in [-0.1, -0.05) is 30.7 Å². The van der Waals surface area contributed by atoms with Gasteiger partial charge in [-0.15, -0.1) is 0 Å². The molecule has 4 N–H and O–H groups in total. The second-order valence-corrected chi connectivity index (χ2v) is 4.83. The molecule has 1 unspecified atom stereocenters. The van der Waals surface area contributed by atoms with E-state index in [0.717, 1.165) is 5.56 Å². The molecule has 102 valence electrons. The predicted molar refractivity (Wildman–Crippen MR) is 71.6 cm³/mol. The molecule has 0 saturated heterocycles. The first-order valence-electron chi connectivity index (χ1n) is 5.97. The molecule has 0 amide bonds. The van der Waals surface area contributed by atoms with Crippen molar-refractivity contribution < 1.29 is 15.3 Å². The molecule has 4 nitrogen and oxygen atoms in total. The quantitative estimate of drug-likeness (QED) is 0.600. The zero-order chi connectivity index (χ0) is 13.6. The smallest absolute Gasteiger partial charge is 0.0914 e. The summed E-state index contributed by atoms with van der Waals surface area (Å²) in [5, 5.41) is 32.2. The zero-order valence-electron chi connectivity index (χ0n) is 10.4. The molecule has 0 saturated carbocycles. The van der Waals surface area contributed by atoms with Crippen LogP contribution < -0.4 is 5.32 Å². The van der Waals surface area contributed by atoms with E-state index in [1.165, 1.54) is 0 Å². The Hall–Kier alpha value is -0.650. The lowest BCUT2D eigenvalue weighted by Gasteiger charge is -2.31. The standard InChI is InChI=1S/C13H20ClNO3/c1-2-13(8-16,9-17)15-7-12(18)10-3-5-11(14)6-4-10/h3-6,12,15-18H,2,7-9H2,1H3. The van der Waals surface area contributed by atoms with Crippen LogP contribution in [0, 0.1) is 0 Å². The lowest BCUT2D eigenvalue weighted by molar-refractivity contribution is 0.0707. The molecule has 1 atom stereocenters. The highest BCUT2D eigenvalue weighted by Crippen LogP contribution is 2.17. The van der Waals surface area contributed by atoms with Crippen LogP contribution in [0.2, 0.25) is 5.02 Å². The van der Waals surface area contributed by atoms with Crippen molar-refractivity contribution in [3.05, 3.63) is 34.9 Å². The molecule has 1 aromatic rings. The van der Waals surface area contributed by atoms with Crippen LogP contribution in [-0.4, -0.2) is 40.6 Å². The lowest BCUT2D eigenvalue weighted by atomic mass is 9.97. The summed E-state index contributed by atoms with van der Waals surface area (Å²) >= 11 is 5.77. The van der Waals surface area contributed by atoms with Gasteiger partial charge in [0.2, 0.25) is 0 Å². The highest BCUT2D eigenvalue weighted by Gasteiger charge is 2.26. The molecule has 0 aliphatic rings. The SMILES string of the molecule is CCC(CO)(CO)NCC(O)c1ccc(Cl)cc1. The fraction of sp³-hybridized carbons (Fsp3) is 0.538. The van der Waals surface area contributed by atoms with E-state index in [9.17, 15) is 15.3 Å². The number of β-amino-alcohol motifs (C(OH)–C–C–N with tert-alkyl or cyclic N) is 1. The van der Waals surface area contributed by atoms with Crippen molar-refractivity contribution >= 4 is 11.6 Å². The molecule has 0 aliphatic heterocycles. The van der Waals surface area contributed by atoms with Gasteiger partial charge in [-0.05, 0) is 24.1 Å². The van der Waals surface area contributed by atoms with Crippen molar-refractivity contribution in [1.29, 1.82) is 0 Å². The Morgan fingerprint density at radius 2 is 1.78 bits per heavy atom. The van der Waals surface area contributed by atoms with Gasteiger partial charge < -0.3 is 20.6 Å². The van der Waals surface area contributed by atoms with Crippen LogP contribution in [-0.2, 0) is 0 Å². The molecule has 0 spiro atoms. The minimum absolute atomic E-state index is 0.173. The third kappa shape index (κ3) is 3.93. The zero-order valence-corrected chi connectivity index (χ0v) is 11.2. The second-order valence-electron chi connectivity index (χ2n) is 4.40. The van der Waals surface area contributed by atoms with Crippen LogP contribution in [0.3, 0.4) is 0 Å². The van der Waals surface area contributed by atoms with E-state index in [1.807, 2.05) is 6.92 Å². The molecule has 0 radical (unpaired) electrons. The first-order chi connectivity index (χ1) is 8.56. The molecule has 18 heavy (non-hydrogen) atoms. The molecular formula is C13H20ClNO3. The number of aliphatic hydroxyl groups is 3. The van der Waals surface area contributed by atoms with E-state index >= 15 is 0 Å². The van der Waals surface area contributed by atoms with Gasteiger partial charge in [-0.2, -0.15) is 0 Å². The third-order valence-corrected chi connectivity index (χ3v) is 3.46. The summed E-state index contributed by atoms with van der Waals surface area (Å²) in [4.78, 5) is 0. The number of hydrogen-bond donors (Lipinski definition) is 4. The Morgan fingerprint density at radius 3 is 2.22 bits per heavy atom. The molecular weight excluding hydrogens is 254 g/mol. The highest BCUT2D eigenvalue weighted by molar-refractivity contribution is 6.30. The van der Waals surface area contributed by atoms with Crippen molar-refractivity contribution in [2.24, 2.45) is 0 Å². The number of aliphatic hydroxyl groups excluding tert-OH is 3. The Morgan fingerprint density at radius 1 is 1.22 bits per heavy atom. The van der Waals surface area contributed by atoms with Crippen LogP contribution in [0.5, 0.6) is 0 Å². The number of benzene rings is 1. The number of hydrogen-bond acceptors (Lipinski definition) is 4. The molecule has 0 aliphatic carbocycles. The average molecular weight is 274 g/mol. The predicted octanol–water partition coefficient (Wildman–Crippen LogP) is 1.10. The molecule has 0 bridgehead atoms. The summed E-state index contributed by atoms with van der Waals surface area (Å²) in [7, 11) is 0. The minimum atomic E-state index is -0.743. The van der Waals surface area contributed by atoms with Crippen molar-refractivity contribution in [3.63, 3.8) is 0 Å². The first-order valence-corrected chi connectivity index (χ1v) is 6.35. The highest BCUT2D eigenvalue weighted by atomic mass is 35.5. The van der Waals surface area contributed by atoms with Gasteiger partial charge in [0.1, 0.15) is 0 Å². The Bertz CT molecular complexity index is 343. The number of halogens is 1. The maximum absolute atomic E-state index is 9.99. The Kier molecular flexibility index (Phi) is 6.05. The van der Waals surface area contributed by atoms with E-state index in [1.54, 1.807) is 24.3 Å². The van der Waals surface area contributed by atoms with Crippen molar-refractivity contribution in [3.8, 4) is 0 Å². The fourth-order valence-corrected chi connectivity index (χ4v) is 1.75. The van der Waals surface area contributed by atoms with Crippen LogP contribution in [0.4, 0.5) is 0 Å². The van der Waals surface area contributed by atoms with Crippen LogP contribution in [0.25, 0.3) is 0 Å². The maximum atomic E-state index is 9.99. The van der Waals surface area contributed by atoms with Crippen LogP contribution >= 0.6 is 11.6 Å². The normalized spacial score (nSPS) is 13.6. The summed E-state index contributed by atoms with van der Waals surface area (Å²) < 4.78 is 0. The van der Waals surface area contributed by atoms with Crippen molar-refractivity contribution in [2.75, 3.05) is 19.8 Å². The second kappa shape index (κ2) is 7.07. The summed E-state index contributed by atoms with van der Waals surface area (Å²) in [6.07, 6.45) is -0.126. The largest absolute Gasteiger partial charge is 0.394 e. The first kappa shape index (κ1) is 15.4. The van der Waals surface area contributed by atoms with E-state index in [4.69, 9.17) is 11.6 Å². The number of nitrogens with one attached hydrogen (secondary N) is 1. The summed E-state index contributed by atoms with van der Waals surface area (Å²) in [5.41, 5.74) is 0.000664. The molecule has 1 aromatic carbocycles. The average Bonchev–Trinajstić information content (AvgIpc) is 2.41. The van der Waals surface area contributed by atoms with E-state index in [2.05, 4.69) is 5.32 Å². The molecule has 1 rings (SSSR count). The van der Waals surface area contributed by atoms with Gasteiger partial charge in [0.15, 0.2) is 0 Å². The van der Waals surface area contributed by atoms with Gasteiger partial charge in [0, 0.05) is 11.6 Å². The molecule has 0 fully saturated rings. The monoisotopic (exact) mass is 273 g/mol.